The molecular formula is C24H29N3O4S2. The second-order valence-corrected chi connectivity index (χ2v) is 9.96. The highest BCUT2D eigenvalue weighted by molar-refractivity contribution is 7.98. The van der Waals surface area contributed by atoms with E-state index in [0.29, 0.717) is 29.1 Å². The third-order valence-electron chi connectivity index (χ3n) is 5.39. The van der Waals surface area contributed by atoms with Crippen LogP contribution in [0.2, 0.25) is 0 Å². The average molecular weight is 488 g/mol. The number of primary sulfonamides is 1. The van der Waals surface area contributed by atoms with E-state index in [1.165, 1.54) is 17.8 Å². The summed E-state index contributed by atoms with van der Waals surface area (Å²) in [5, 5.41) is 6.01. The number of nitrogens with zero attached hydrogens (tertiary/aromatic N) is 1. The first-order chi connectivity index (χ1) is 15.8. The first-order valence-corrected chi connectivity index (χ1v) is 13.6. The van der Waals surface area contributed by atoms with Crippen molar-refractivity contribution in [3.05, 3.63) is 65.6 Å². The predicted octanol–water partition coefficient (Wildman–Crippen LogP) is 4.58. The fourth-order valence-corrected chi connectivity index (χ4v) is 4.85. The van der Waals surface area contributed by atoms with Crippen molar-refractivity contribution in [3.8, 4) is 11.1 Å². The smallest absolute Gasteiger partial charge is 0.357 e. The number of ether oxygens (including phenoxy) is 1. The summed E-state index contributed by atoms with van der Waals surface area (Å²) >= 11 is 1.42. The van der Waals surface area contributed by atoms with E-state index >= 15 is 0 Å². The van der Waals surface area contributed by atoms with Crippen LogP contribution in [-0.4, -0.2) is 36.7 Å². The normalized spacial score (nSPS) is 12.5. The maximum Gasteiger partial charge on any atom is 0.357 e. The third kappa shape index (κ3) is 6.25. The standard InChI is InChI=1S/C24H29N3O4S2/c1-4-18(31-24(28)22-23(32-3)27-21(5-2)26-22)15-12-16-10-13-17(14-11-16)19-8-6-7-9-20(19)33(25,29)30/h6-11,13-14,18H,4-5,12,15H2,1-3H3,(H,26,27)(H2,25,29,30). The molecule has 1 heterocycles. The maximum atomic E-state index is 12.7. The SMILES string of the molecule is CCc1nc(SC)c(C(=O)OC(CC)CCc2ccc(-c3ccccc3S(N)(=O)=O)cc2)[nH]1. The molecular weight excluding hydrogens is 458 g/mol. The first-order valence-electron chi connectivity index (χ1n) is 10.8. The summed E-state index contributed by atoms with van der Waals surface area (Å²) in [6, 6.07) is 14.4. The van der Waals surface area contributed by atoms with Crippen LogP contribution in [0.1, 0.15) is 48.6 Å². The van der Waals surface area contributed by atoms with Gasteiger partial charge < -0.3 is 9.72 Å². The van der Waals surface area contributed by atoms with Crippen molar-refractivity contribution in [2.24, 2.45) is 5.14 Å². The van der Waals surface area contributed by atoms with E-state index in [0.717, 1.165) is 29.8 Å². The minimum absolute atomic E-state index is 0.102. The van der Waals surface area contributed by atoms with E-state index < -0.39 is 10.0 Å². The molecule has 0 aliphatic rings. The minimum atomic E-state index is -3.81. The monoisotopic (exact) mass is 487 g/mol. The van der Waals surface area contributed by atoms with Crippen LogP contribution in [0, 0.1) is 0 Å². The summed E-state index contributed by atoms with van der Waals surface area (Å²) in [6.07, 6.45) is 4.49. The Morgan fingerprint density at radius 2 is 1.85 bits per heavy atom. The Kier molecular flexibility index (Phi) is 8.34. The van der Waals surface area contributed by atoms with Gasteiger partial charge in [-0.1, -0.05) is 56.3 Å². The van der Waals surface area contributed by atoms with Crippen LogP contribution in [-0.2, 0) is 27.6 Å². The molecule has 0 spiro atoms. The largest absolute Gasteiger partial charge is 0.458 e. The minimum Gasteiger partial charge on any atom is -0.458 e. The van der Waals surface area contributed by atoms with E-state index in [1.807, 2.05) is 44.4 Å². The molecule has 3 aromatic rings. The highest BCUT2D eigenvalue weighted by Crippen LogP contribution is 2.27. The molecule has 1 atom stereocenters. The molecule has 0 aliphatic heterocycles. The lowest BCUT2D eigenvalue weighted by molar-refractivity contribution is 0.0263. The summed E-state index contributed by atoms with van der Waals surface area (Å²) in [5.74, 6) is 0.386. The van der Waals surface area contributed by atoms with Crippen molar-refractivity contribution in [3.63, 3.8) is 0 Å². The van der Waals surface area contributed by atoms with Crippen LogP contribution >= 0.6 is 11.8 Å². The first kappa shape index (κ1) is 25.0. The molecule has 0 bridgehead atoms. The van der Waals surface area contributed by atoms with E-state index in [-0.39, 0.29) is 17.0 Å². The number of carbonyl (C=O) groups excluding carboxylic acids is 1. The lowest BCUT2D eigenvalue weighted by atomic mass is 10.0. The van der Waals surface area contributed by atoms with E-state index in [2.05, 4.69) is 9.97 Å². The zero-order valence-corrected chi connectivity index (χ0v) is 20.6. The Balaban J connectivity index is 1.66. The number of aromatic amines is 1. The van der Waals surface area contributed by atoms with E-state index in [1.54, 1.807) is 18.2 Å². The Bertz CT molecular complexity index is 1200. The number of imidazole rings is 1. The molecule has 7 nitrogen and oxygen atoms in total. The van der Waals surface area contributed by atoms with Gasteiger partial charge in [-0.15, -0.1) is 11.8 Å². The zero-order valence-electron chi connectivity index (χ0n) is 19.0. The highest BCUT2D eigenvalue weighted by atomic mass is 32.2. The maximum absolute atomic E-state index is 12.7. The average Bonchev–Trinajstić information content (AvgIpc) is 3.25. The number of aryl methyl sites for hydroxylation is 2. The summed E-state index contributed by atoms with van der Waals surface area (Å²) < 4.78 is 29.5. The van der Waals surface area contributed by atoms with Gasteiger partial charge in [0.05, 0.1) is 4.90 Å². The van der Waals surface area contributed by atoms with Crippen molar-refractivity contribution >= 4 is 27.8 Å². The lowest BCUT2D eigenvalue weighted by Gasteiger charge is -2.16. The second-order valence-electron chi connectivity index (χ2n) is 7.63. The van der Waals surface area contributed by atoms with Crippen LogP contribution in [0.5, 0.6) is 0 Å². The van der Waals surface area contributed by atoms with Gasteiger partial charge in [0.25, 0.3) is 0 Å². The number of carbonyl (C=O) groups is 1. The fourth-order valence-electron chi connectivity index (χ4n) is 3.55. The molecule has 0 aliphatic carbocycles. The van der Waals surface area contributed by atoms with Crippen molar-refractivity contribution in [1.29, 1.82) is 0 Å². The van der Waals surface area contributed by atoms with Crippen molar-refractivity contribution < 1.29 is 17.9 Å². The zero-order chi connectivity index (χ0) is 24.0. The van der Waals surface area contributed by atoms with Gasteiger partial charge in [0.2, 0.25) is 10.0 Å². The van der Waals surface area contributed by atoms with Gasteiger partial charge in [0.15, 0.2) is 5.69 Å². The molecule has 3 N–H and O–H groups in total. The molecule has 1 unspecified atom stereocenters. The molecule has 3 rings (SSSR count). The molecule has 0 saturated heterocycles. The Morgan fingerprint density at radius 1 is 1.15 bits per heavy atom. The van der Waals surface area contributed by atoms with Crippen LogP contribution < -0.4 is 5.14 Å². The predicted molar refractivity (Wildman–Crippen MR) is 131 cm³/mol. The van der Waals surface area contributed by atoms with Crippen LogP contribution in [0.15, 0.2) is 58.5 Å². The van der Waals surface area contributed by atoms with Gasteiger partial charge in [-0.25, -0.2) is 23.3 Å². The number of nitrogens with one attached hydrogen (secondary N) is 1. The summed E-state index contributed by atoms with van der Waals surface area (Å²) in [5.41, 5.74) is 2.83. The van der Waals surface area contributed by atoms with Gasteiger partial charge in [-0.3, -0.25) is 0 Å². The molecule has 33 heavy (non-hydrogen) atoms. The van der Waals surface area contributed by atoms with Gasteiger partial charge in [0.1, 0.15) is 17.0 Å². The third-order valence-corrected chi connectivity index (χ3v) is 7.05. The molecule has 0 amide bonds. The van der Waals surface area contributed by atoms with E-state index in [9.17, 15) is 13.2 Å². The Hall–Kier alpha value is -2.62. The molecule has 9 heteroatoms. The second kappa shape index (κ2) is 11.0. The Labute approximate surface area is 199 Å². The molecule has 1 aromatic heterocycles. The molecule has 176 valence electrons. The summed E-state index contributed by atoms with van der Waals surface area (Å²) in [6.45, 7) is 3.97. The number of hydrogen-bond acceptors (Lipinski definition) is 6. The fraction of sp³-hybridized carbons (Fsp3) is 0.333. The van der Waals surface area contributed by atoms with Gasteiger partial charge >= 0.3 is 5.97 Å². The summed E-state index contributed by atoms with van der Waals surface area (Å²) in [4.78, 5) is 20.3. The molecule has 0 radical (unpaired) electrons. The number of hydrogen-bond donors (Lipinski definition) is 2. The number of benzene rings is 2. The van der Waals surface area contributed by atoms with Gasteiger partial charge in [0, 0.05) is 12.0 Å². The topological polar surface area (TPSA) is 115 Å². The molecule has 0 fully saturated rings. The van der Waals surface area contributed by atoms with E-state index in [4.69, 9.17) is 9.88 Å². The summed E-state index contributed by atoms with van der Waals surface area (Å²) in [7, 11) is -3.81. The highest BCUT2D eigenvalue weighted by Gasteiger charge is 2.21. The van der Waals surface area contributed by atoms with Crippen LogP contribution in [0.25, 0.3) is 11.1 Å². The number of esters is 1. The van der Waals surface area contributed by atoms with Gasteiger partial charge in [-0.05, 0) is 42.7 Å². The lowest BCUT2D eigenvalue weighted by Crippen LogP contribution is -2.19. The van der Waals surface area contributed by atoms with Crippen LogP contribution in [0.4, 0.5) is 0 Å². The molecule has 0 saturated carbocycles. The number of rotatable bonds is 10. The quantitative estimate of drug-likeness (QED) is 0.320. The molecule has 2 aromatic carbocycles. The number of H-pyrrole nitrogens is 1. The number of nitrogens with two attached hydrogens (primary N) is 1. The number of sulfonamides is 1. The van der Waals surface area contributed by atoms with Crippen molar-refractivity contribution in [2.45, 2.75) is 55.6 Å². The van der Waals surface area contributed by atoms with Crippen molar-refractivity contribution in [2.75, 3.05) is 6.26 Å². The number of aromatic nitrogens is 2. The number of thioether (sulfide) groups is 1. The Morgan fingerprint density at radius 3 is 2.45 bits per heavy atom. The van der Waals surface area contributed by atoms with Crippen molar-refractivity contribution in [1.82, 2.24) is 9.97 Å². The van der Waals surface area contributed by atoms with Crippen LogP contribution in [0.3, 0.4) is 0 Å². The van der Waals surface area contributed by atoms with Gasteiger partial charge in [-0.2, -0.15) is 0 Å².